The second kappa shape index (κ2) is 8.30. The van der Waals surface area contributed by atoms with Gasteiger partial charge in [-0.3, -0.25) is 0 Å². The molecule has 2 nitrogen and oxygen atoms in total. The van der Waals surface area contributed by atoms with Crippen LogP contribution in [0.1, 0.15) is 31.7 Å². The van der Waals surface area contributed by atoms with E-state index in [9.17, 15) is 0 Å². The van der Waals surface area contributed by atoms with E-state index in [4.69, 9.17) is 4.74 Å². The molecule has 1 aromatic rings. The van der Waals surface area contributed by atoms with Crippen LogP contribution in [0.4, 0.5) is 0 Å². The molecule has 0 aromatic heterocycles. The Hall–Kier alpha value is -0.0300. The molecule has 2 rings (SSSR count). The van der Waals surface area contributed by atoms with E-state index in [2.05, 4.69) is 46.4 Å². The molecule has 0 bridgehead atoms. The molecule has 106 valence electrons. The van der Waals surface area contributed by atoms with Crippen molar-refractivity contribution < 1.29 is 4.74 Å². The highest BCUT2D eigenvalue weighted by Crippen LogP contribution is 2.32. The Morgan fingerprint density at radius 1 is 1.37 bits per heavy atom. The molecule has 0 aliphatic carbocycles. The van der Waals surface area contributed by atoms with Gasteiger partial charge in [0.2, 0.25) is 0 Å². The quantitative estimate of drug-likeness (QED) is 0.781. The fraction of sp³-hybridized carbons (Fsp3) is 0.600. The van der Waals surface area contributed by atoms with Crippen molar-refractivity contribution in [1.29, 1.82) is 0 Å². The van der Waals surface area contributed by atoms with Gasteiger partial charge in [-0.25, -0.2) is 0 Å². The molecule has 1 saturated heterocycles. The van der Waals surface area contributed by atoms with Crippen molar-refractivity contribution in [1.82, 2.24) is 5.32 Å². The molecule has 1 aliphatic heterocycles. The lowest BCUT2D eigenvalue weighted by Gasteiger charge is -2.21. The summed E-state index contributed by atoms with van der Waals surface area (Å²) in [5.41, 5.74) is 1.34. The predicted octanol–water partition coefficient (Wildman–Crippen LogP) is 4.22. The summed E-state index contributed by atoms with van der Waals surface area (Å²) in [4.78, 5) is 1.36. The van der Waals surface area contributed by atoms with Gasteiger partial charge in [-0.05, 0) is 43.5 Å². The van der Waals surface area contributed by atoms with Crippen LogP contribution < -0.4 is 5.32 Å². The predicted molar refractivity (Wildman–Crippen MR) is 85.8 cm³/mol. The van der Waals surface area contributed by atoms with Gasteiger partial charge in [-0.2, -0.15) is 0 Å². The molecular formula is C15H22BrNOS. The molecule has 1 aromatic carbocycles. The molecule has 1 aliphatic rings. The van der Waals surface area contributed by atoms with Gasteiger partial charge < -0.3 is 10.1 Å². The normalized spacial score (nSPS) is 16.7. The minimum atomic E-state index is 0.713. The first-order valence-electron chi connectivity index (χ1n) is 7.03. The van der Waals surface area contributed by atoms with Gasteiger partial charge in [0.05, 0.1) is 0 Å². The second-order valence-electron chi connectivity index (χ2n) is 4.86. The molecule has 0 amide bonds. The number of thioether (sulfide) groups is 1. The molecule has 1 fully saturated rings. The Bertz CT molecular complexity index is 394. The van der Waals surface area contributed by atoms with Crippen LogP contribution in [0.15, 0.2) is 27.6 Å². The Morgan fingerprint density at radius 3 is 2.84 bits per heavy atom. The fourth-order valence-electron chi connectivity index (χ4n) is 2.13. The van der Waals surface area contributed by atoms with Gasteiger partial charge in [-0.1, -0.05) is 28.9 Å². The van der Waals surface area contributed by atoms with Crippen LogP contribution in [-0.4, -0.2) is 25.0 Å². The van der Waals surface area contributed by atoms with Crippen molar-refractivity contribution in [3.8, 4) is 0 Å². The molecule has 1 N–H and O–H groups in total. The van der Waals surface area contributed by atoms with Crippen LogP contribution in [0.2, 0.25) is 0 Å². The number of hydrogen-bond donors (Lipinski definition) is 1. The summed E-state index contributed by atoms with van der Waals surface area (Å²) in [6.45, 7) is 6.03. The highest BCUT2D eigenvalue weighted by atomic mass is 79.9. The van der Waals surface area contributed by atoms with E-state index in [1.807, 2.05) is 11.8 Å². The van der Waals surface area contributed by atoms with Gasteiger partial charge in [-0.15, -0.1) is 11.8 Å². The largest absolute Gasteiger partial charge is 0.381 e. The van der Waals surface area contributed by atoms with E-state index in [1.165, 1.54) is 34.2 Å². The summed E-state index contributed by atoms with van der Waals surface area (Å²) in [7, 11) is 0. The molecule has 0 atom stereocenters. The summed E-state index contributed by atoms with van der Waals surface area (Å²) in [6.07, 6.45) is 3.51. The summed E-state index contributed by atoms with van der Waals surface area (Å²) in [5, 5.41) is 4.15. The minimum absolute atomic E-state index is 0.713. The van der Waals surface area contributed by atoms with Crippen molar-refractivity contribution in [3.05, 3.63) is 28.2 Å². The molecule has 0 unspecified atom stereocenters. The monoisotopic (exact) mass is 343 g/mol. The smallest absolute Gasteiger partial charge is 0.0476 e. The third kappa shape index (κ3) is 5.10. The number of rotatable bonds is 6. The van der Waals surface area contributed by atoms with Crippen molar-refractivity contribution in [3.63, 3.8) is 0 Å². The Kier molecular flexibility index (Phi) is 6.71. The zero-order valence-corrected chi connectivity index (χ0v) is 13.9. The van der Waals surface area contributed by atoms with Crippen molar-refractivity contribution >= 4 is 27.7 Å². The summed E-state index contributed by atoms with van der Waals surface area (Å²) >= 11 is 5.67. The van der Waals surface area contributed by atoms with Crippen LogP contribution in [0.5, 0.6) is 0 Å². The van der Waals surface area contributed by atoms with Gasteiger partial charge >= 0.3 is 0 Å². The topological polar surface area (TPSA) is 21.3 Å². The van der Waals surface area contributed by atoms with E-state index >= 15 is 0 Å². The van der Waals surface area contributed by atoms with E-state index in [0.29, 0.717) is 5.25 Å². The first kappa shape index (κ1) is 15.4. The van der Waals surface area contributed by atoms with Crippen LogP contribution in [0.25, 0.3) is 0 Å². The zero-order chi connectivity index (χ0) is 13.5. The number of halogens is 1. The van der Waals surface area contributed by atoms with Gasteiger partial charge in [0, 0.05) is 34.4 Å². The van der Waals surface area contributed by atoms with Gasteiger partial charge in [0.15, 0.2) is 0 Å². The second-order valence-corrected chi connectivity index (χ2v) is 7.09. The highest BCUT2D eigenvalue weighted by molar-refractivity contribution is 9.10. The SMILES string of the molecule is CCCNCc1ccc(SC2CCOCC2)cc1Br. The van der Waals surface area contributed by atoms with Crippen molar-refractivity contribution in [2.75, 3.05) is 19.8 Å². The fourth-order valence-corrected chi connectivity index (χ4v) is 3.95. The van der Waals surface area contributed by atoms with E-state index in [-0.39, 0.29) is 0 Å². The van der Waals surface area contributed by atoms with Crippen LogP contribution in [0.3, 0.4) is 0 Å². The number of benzene rings is 1. The van der Waals surface area contributed by atoms with Gasteiger partial charge in [0.1, 0.15) is 0 Å². The Labute approximate surface area is 128 Å². The average Bonchev–Trinajstić information content (AvgIpc) is 2.43. The average molecular weight is 344 g/mol. The van der Waals surface area contributed by atoms with Crippen LogP contribution in [-0.2, 0) is 11.3 Å². The molecule has 1 heterocycles. The number of nitrogens with one attached hydrogen (secondary N) is 1. The number of hydrogen-bond acceptors (Lipinski definition) is 3. The third-order valence-corrected chi connectivity index (χ3v) is 5.31. The van der Waals surface area contributed by atoms with E-state index in [1.54, 1.807) is 0 Å². The van der Waals surface area contributed by atoms with Gasteiger partial charge in [0.25, 0.3) is 0 Å². The maximum absolute atomic E-state index is 5.40. The summed E-state index contributed by atoms with van der Waals surface area (Å²) in [6, 6.07) is 6.73. The summed E-state index contributed by atoms with van der Waals surface area (Å²) < 4.78 is 6.62. The van der Waals surface area contributed by atoms with Crippen molar-refractivity contribution in [2.24, 2.45) is 0 Å². The molecule has 0 radical (unpaired) electrons. The van der Waals surface area contributed by atoms with Crippen LogP contribution >= 0.6 is 27.7 Å². The minimum Gasteiger partial charge on any atom is -0.381 e. The molecule has 0 saturated carbocycles. The molecule has 19 heavy (non-hydrogen) atoms. The maximum Gasteiger partial charge on any atom is 0.0476 e. The third-order valence-electron chi connectivity index (χ3n) is 3.24. The molecule has 0 spiro atoms. The standard InChI is InChI=1S/C15H22BrNOS/c1-2-7-17-11-12-3-4-14(10-15(12)16)19-13-5-8-18-9-6-13/h3-4,10,13,17H,2,5-9,11H2,1H3. The highest BCUT2D eigenvalue weighted by Gasteiger charge is 2.15. The van der Waals surface area contributed by atoms with E-state index < -0.39 is 0 Å². The lowest BCUT2D eigenvalue weighted by molar-refractivity contribution is 0.100. The Morgan fingerprint density at radius 2 is 2.16 bits per heavy atom. The zero-order valence-electron chi connectivity index (χ0n) is 11.5. The molecular weight excluding hydrogens is 322 g/mol. The lowest BCUT2D eigenvalue weighted by atomic mass is 10.2. The van der Waals surface area contributed by atoms with Crippen molar-refractivity contribution in [2.45, 2.75) is 42.9 Å². The first-order valence-corrected chi connectivity index (χ1v) is 8.70. The maximum atomic E-state index is 5.40. The van der Waals surface area contributed by atoms with E-state index in [0.717, 1.165) is 26.3 Å². The van der Waals surface area contributed by atoms with Crippen LogP contribution in [0, 0.1) is 0 Å². The Balaban J connectivity index is 1.90. The first-order chi connectivity index (χ1) is 9.29. The summed E-state index contributed by atoms with van der Waals surface area (Å²) in [5.74, 6) is 0. The molecule has 4 heteroatoms. The lowest BCUT2D eigenvalue weighted by Crippen LogP contribution is -2.17. The number of ether oxygens (including phenoxy) is 1.